The number of carbonyl (C=O) groups excluding carboxylic acids is 3. The SMILES string of the molecule is CCOc1cc(/C=C2\SC(=O)N(Cc3ccc(Cl)cc3Cl)C2=O)ccc1OCC(=O)N1CCCC1. The number of rotatable bonds is 8. The van der Waals surface area contributed by atoms with Crippen LogP contribution in [-0.4, -0.2) is 53.2 Å². The number of imide groups is 1. The molecule has 0 spiro atoms. The van der Waals surface area contributed by atoms with Gasteiger partial charge >= 0.3 is 0 Å². The van der Waals surface area contributed by atoms with E-state index in [2.05, 4.69) is 0 Å². The van der Waals surface area contributed by atoms with Gasteiger partial charge in [-0.15, -0.1) is 0 Å². The molecule has 184 valence electrons. The summed E-state index contributed by atoms with van der Waals surface area (Å²) in [6, 6.07) is 10.1. The van der Waals surface area contributed by atoms with E-state index in [-0.39, 0.29) is 24.3 Å². The van der Waals surface area contributed by atoms with Gasteiger partial charge in [-0.3, -0.25) is 19.3 Å². The number of halogens is 2. The molecule has 2 fully saturated rings. The van der Waals surface area contributed by atoms with Crippen LogP contribution in [0.5, 0.6) is 11.5 Å². The van der Waals surface area contributed by atoms with Crippen LogP contribution in [0, 0.1) is 0 Å². The van der Waals surface area contributed by atoms with Crippen LogP contribution >= 0.6 is 35.0 Å². The largest absolute Gasteiger partial charge is 0.490 e. The number of nitrogens with zero attached hydrogens (tertiary/aromatic N) is 2. The summed E-state index contributed by atoms with van der Waals surface area (Å²) in [5, 5.41) is 0.490. The van der Waals surface area contributed by atoms with Gasteiger partial charge in [-0.25, -0.2) is 0 Å². The Morgan fingerprint density at radius 1 is 1.06 bits per heavy atom. The lowest BCUT2D eigenvalue weighted by molar-refractivity contribution is -0.132. The predicted octanol–water partition coefficient (Wildman–Crippen LogP) is 5.63. The van der Waals surface area contributed by atoms with E-state index in [0.29, 0.717) is 44.2 Å². The Balaban J connectivity index is 1.47. The van der Waals surface area contributed by atoms with Crippen LogP contribution in [0.3, 0.4) is 0 Å². The lowest BCUT2D eigenvalue weighted by Crippen LogP contribution is -2.32. The quantitative estimate of drug-likeness (QED) is 0.408. The summed E-state index contributed by atoms with van der Waals surface area (Å²) in [5.41, 5.74) is 1.30. The molecule has 2 saturated heterocycles. The van der Waals surface area contributed by atoms with Gasteiger partial charge in [-0.2, -0.15) is 0 Å². The molecule has 0 N–H and O–H groups in total. The molecule has 7 nitrogen and oxygen atoms in total. The molecular formula is C25H24Cl2N2O5S. The highest BCUT2D eigenvalue weighted by atomic mass is 35.5. The molecule has 0 atom stereocenters. The second-order valence-electron chi connectivity index (χ2n) is 8.02. The van der Waals surface area contributed by atoms with Gasteiger partial charge in [0, 0.05) is 23.1 Å². The Morgan fingerprint density at radius 3 is 2.54 bits per heavy atom. The van der Waals surface area contributed by atoms with Crippen molar-refractivity contribution < 1.29 is 23.9 Å². The van der Waals surface area contributed by atoms with Crippen molar-refractivity contribution >= 4 is 58.1 Å². The minimum Gasteiger partial charge on any atom is -0.490 e. The number of thioether (sulfide) groups is 1. The van der Waals surface area contributed by atoms with Crippen LogP contribution in [0.4, 0.5) is 4.79 Å². The first-order chi connectivity index (χ1) is 16.9. The molecular weight excluding hydrogens is 511 g/mol. The molecule has 0 aromatic heterocycles. The fourth-order valence-electron chi connectivity index (χ4n) is 3.81. The maximum Gasteiger partial charge on any atom is 0.293 e. The second kappa shape index (κ2) is 11.4. The maximum atomic E-state index is 12.9. The van der Waals surface area contributed by atoms with Crippen molar-refractivity contribution in [2.75, 3.05) is 26.3 Å². The number of hydrogen-bond donors (Lipinski definition) is 0. The average Bonchev–Trinajstić information content (AvgIpc) is 3.45. The van der Waals surface area contributed by atoms with Gasteiger partial charge in [-0.1, -0.05) is 35.3 Å². The predicted molar refractivity (Wildman–Crippen MR) is 137 cm³/mol. The van der Waals surface area contributed by atoms with Crippen LogP contribution in [0.1, 0.15) is 30.9 Å². The summed E-state index contributed by atoms with van der Waals surface area (Å²) in [4.78, 5) is 41.0. The fourth-order valence-corrected chi connectivity index (χ4v) is 5.11. The molecule has 2 aliphatic rings. The summed E-state index contributed by atoms with van der Waals surface area (Å²) >= 11 is 13.0. The molecule has 0 unspecified atom stereocenters. The molecule has 3 amide bonds. The maximum absolute atomic E-state index is 12.9. The highest BCUT2D eigenvalue weighted by Crippen LogP contribution is 2.36. The van der Waals surface area contributed by atoms with Crippen LogP contribution < -0.4 is 9.47 Å². The Hall–Kier alpha value is -2.68. The van der Waals surface area contributed by atoms with Crippen molar-refractivity contribution in [2.45, 2.75) is 26.3 Å². The lowest BCUT2D eigenvalue weighted by atomic mass is 10.1. The van der Waals surface area contributed by atoms with Gasteiger partial charge < -0.3 is 14.4 Å². The summed E-state index contributed by atoms with van der Waals surface area (Å²) in [7, 11) is 0. The first kappa shape index (κ1) is 25.4. The molecule has 0 bridgehead atoms. The van der Waals surface area contributed by atoms with E-state index in [4.69, 9.17) is 32.7 Å². The molecule has 2 aromatic carbocycles. The third kappa shape index (κ3) is 6.12. The van der Waals surface area contributed by atoms with E-state index in [9.17, 15) is 14.4 Å². The normalized spacial score (nSPS) is 16.9. The topological polar surface area (TPSA) is 76.1 Å². The average molecular weight is 535 g/mol. The molecule has 35 heavy (non-hydrogen) atoms. The number of hydrogen-bond acceptors (Lipinski definition) is 6. The monoisotopic (exact) mass is 534 g/mol. The van der Waals surface area contributed by atoms with Crippen molar-refractivity contribution in [3.8, 4) is 11.5 Å². The van der Waals surface area contributed by atoms with Crippen molar-refractivity contribution in [1.82, 2.24) is 9.80 Å². The van der Waals surface area contributed by atoms with E-state index in [1.54, 1.807) is 47.4 Å². The van der Waals surface area contributed by atoms with Gasteiger partial charge in [0.25, 0.3) is 17.1 Å². The molecule has 0 saturated carbocycles. The number of likely N-dealkylation sites (tertiary alicyclic amines) is 1. The number of ether oxygens (including phenoxy) is 2. The van der Waals surface area contributed by atoms with Gasteiger partial charge in [0.15, 0.2) is 18.1 Å². The first-order valence-electron chi connectivity index (χ1n) is 11.2. The van der Waals surface area contributed by atoms with Crippen LogP contribution in [0.15, 0.2) is 41.3 Å². The molecule has 4 rings (SSSR count). The third-order valence-corrected chi connectivity index (χ3v) is 7.09. The van der Waals surface area contributed by atoms with Crippen molar-refractivity contribution in [3.05, 3.63) is 62.5 Å². The first-order valence-corrected chi connectivity index (χ1v) is 12.8. The summed E-state index contributed by atoms with van der Waals surface area (Å²) in [6.07, 6.45) is 3.67. The Bertz CT molecular complexity index is 1180. The van der Waals surface area contributed by atoms with Gasteiger partial charge in [0.2, 0.25) is 0 Å². The van der Waals surface area contributed by atoms with E-state index in [1.807, 2.05) is 6.92 Å². The molecule has 2 aliphatic heterocycles. The minimum absolute atomic E-state index is 0.0523. The summed E-state index contributed by atoms with van der Waals surface area (Å²) in [6.45, 7) is 3.76. The minimum atomic E-state index is -0.402. The van der Waals surface area contributed by atoms with Crippen LogP contribution in [0.25, 0.3) is 6.08 Å². The third-order valence-electron chi connectivity index (χ3n) is 5.59. The van der Waals surface area contributed by atoms with Gasteiger partial charge in [0.1, 0.15) is 0 Å². The Morgan fingerprint density at radius 2 is 1.83 bits per heavy atom. The molecule has 0 radical (unpaired) electrons. The molecule has 2 heterocycles. The second-order valence-corrected chi connectivity index (χ2v) is 9.86. The van der Waals surface area contributed by atoms with Crippen LogP contribution in [0.2, 0.25) is 10.0 Å². The Kier molecular flexibility index (Phi) is 8.26. The van der Waals surface area contributed by atoms with Crippen molar-refractivity contribution in [3.63, 3.8) is 0 Å². The van der Waals surface area contributed by atoms with E-state index >= 15 is 0 Å². The van der Waals surface area contributed by atoms with Crippen LogP contribution in [-0.2, 0) is 16.1 Å². The summed E-state index contributed by atoms with van der Waals surface area (Å²) in [5.74, 6) is 0.452. The zero-order valence-electron chi connectivity index (χ0n) is 19.1. The highest BCUT2D eigenvalue weighted by Gasteiger charge is 2.35. The Labute approximate surface area is 217 Å². The van der Waals surface area contributed by atoms with Crippen molar-refractivity contribution in [1.29, 1.82) is 0 Å². The fraction of sp³-hybridized carbons (Fsp3) is 0.320. The zero-order valence-corrected chi connectivity index (χ0v) is 21.4. The van der Waals surface area contributed by atoms with Gasteiger partial charge in [-0.05, 0) is 73.0 Å². The molecule has 10 heteroatoms. The number of benzene rings is 2. The number of carbonyl (C=O) groups is 3. The zero-order chi connectivity index (χ0) is 24.9. The smallest absolute Gasteiger partial charge is 0.293 e. The number of amides is 3. The van der Waals surface area contributed by atoms with Gasteiger partial charge in [0.05, 0.1) is 18.1 Å². The summed E-state index contributed by atoms with van der Waals surface area (Å²) < 4.78 is 11.4. The molecule has 0 aliphatic carbocycles. The molecule has 2 aromatic rings. The van der Waals surface area contributed by atoms with E-state index in [1.165, 1.54) is 0 Å². The standard InChI is InChI=1S/C25H24Cl2N2O5S/c1-2-33-21-11-16(5-8-20(21)34-15-23(30)28-9-3-4-10-28)12-22-24(31)29(25(32)35-22)14-17-6-7-18(26)13-19(17)27/h5-8,11-13H,2-4,9-10,14-15H2,1H3/b22-12-. The lowest BCUT2D eigenvalue weighted by Gasteiger charge is -2.17. The van der Waals surface area contributed by atoms with Crippen molar-refractivity contribution in [2.24, 2.45) is 0 Å². The van der Waals surface area contributed by atoms with E-state index < -0.39 is 5.91 Å². The highest BCUT2D eigenvalue weighted by molar-refractivity contribution is 8.18. The van der Waals surface area contributed by atoms with E-state index in [0.717, 1.165) is 42.6 Å².